The highest BCUT2D eigenvalue weighted by Gasteiger charge is 2.28. The van der Waals surface area contributed by atoms with Crippen molar-refractivity contribution in [1.82, 2.24) is 16.0 Å². The van der Waals surface area contributed by atoms with Crippen molar-refractivity contribution in [1.29, 1.82) is 0 Å². The molecular formula is C21H31N3O5. The molecule has 0 fully saturated rings. The van der Waals surface area contributed by atoms with E-state index in [-0.39, 0.29) is 31.2 Å². The summed E-state index contributed by atoms with van der Waals surface area (Å²) in [6.45, 7) is 5.32. The summed E-state index contributed by atoms with van der Waals surface area (Å²) < 4.78 is 4.78. The smallest absolute Gasteiger partial charge is 0.328 e. The molecule has 0 saturated carbocycles. The van der Waals surface area contributed by atoms with Crippen LogP contribution < -0.4 is 16.0 Å². The van der Waals surface area contributed by atoms with Crippen LogP contribution in [-0.4, -0.2) is 49.4 Å². The van der Waals surface area contributed by atoms with Crippen LogP contribution in [0.1, 0.15) is 39.2 Å². The molecule has 0 radical (unpaired) electrons. The zero-order chi connectivity index (χ0) is 21.8. The topological polar surface area (TPSA) is 114 Å². The average Bonchev–Trinajstić information content (AvgIpc) is 2.70. The van der Waals surface area contributed by atoms with Crippen LogP contribution in [0.2, 0.25) is 0 Å². The molecule has 0 spiro atoms. The average molecular weight is 405 g/mol. The second-order valence-corrected chi connectivity index (χ2v) is 7.15. The molecule has 1 aromatic rings. The molecule has 1 rings (SSSR count). The van der Waals surface area contributed by atoms with Gasteiger partial charge >= 0.3 is 5.97 Å². The summed E-state index contributed by atoms with van der Waals surface area (Å²) in [7, 11) is 1.27. The maximum Gasteiger partial charge on any atom is 0.328 e. The maximum absolute atomic E-state index is 12.9. The number of methoxy groups -OCH3 is 1. The number of carbonyl (C=O) groups excluding carboxylic acids is 4. The molecule has 0 aliphatic heterocycles. The van der Waals surface area contributed by atoms with Crippen molar-refractivity contribution in [3.05, 3.63) is 35.9 Å². The van der Waals surface area contributed by atoms with Gasteiger partial charge in [-0.25, -0.2) is 4.79 Å². The van der Waals surface area contributed by atoms with E-state index in [1.807, 2.05) is 44.2 Å². The molecule has 0 aromatic heterocycles. The van der Waals surface area contributed by atoms with Gasteiger partial charge in [0.25, 0.3) is 0 Å². The third-order valence-electron chi connectivity index (χ3n) is 4.21. The molecule has 0 aliphatic rings. The second-order valence-electron chi connectivity index (χ2n) is 7.15. The quantitative estimate of drug-likeness (QED) is 0.474. The van der Waals surface area contributed by atoms with Gasteiger partial charge in [0.15, 0.2) is 0 Å². The van der Waals surface area contributed by atoms with Crippen LogP contribution in [0.15, 0.2) is 30.3 Å². The predicted molar refractivity (Wildman–Crippen MR) is 109 cm³/mol. The third kappa shape index (κ3) is 9.23. The first kappa shape index (κ1) is 24.1. The monoisotopic (exact) mass is 405 g/mol. The first-order chi connectivity index (χ1) is 13.8. The highest BCUT2D eigenvalue weighted by Crippen LogP contribution is 2.08. The van der Waals surface area contributed by atoms with Gasteiger partial charge in [-0.2, -0.15) is 0 Å². The summed E-state index contributed by atoms with van der Waals surface area (Å²) in [6, 6.07) is 7.51. The van der Waals surface area contributed by atoms with Crippen LogP contribution in [0.5, 0.6) is 0 Å². The van der Waals surface area contributed by atoms with Crippen molar-refractivity contribution in [3.8, 4) is 0 Å². The standard InChI is InChI=1S/C21H31N3O5/c1-5-18(25)22-13-19(26)23-16(12-15-9-7-6-8-10-15)20(27)24-17(11-14(2)3)21(28)29-4/h6-10,14,16-17H,5,11-13H2,1-4H3,(H,22,25)(H,23,26)(H,24,27). The number of hydrogen-bond acceptors (Lipinski definition) is 5. The van der Waals surface area contributed by atoms with Crippen molar-refractivity contribution in [2.24, 2.45) is 5.92 Å². The molecule has 29 heavy (non-hydrogen) atoms. The van der Waals surface area contributed by atoms with Gasteiger partial charge in [0, 0.05) is 12.8 Å². The SMILES string of the molecule is CCC(=O)NCC(=O)NC(Cc1ccccc1)C(=O)NC(CC(C)C)C(=O)OC. The molecule has 8 nitrogen and oxygen atoms in total. The van der Waals surface area contributed by atoms with Gasteiger partial charge in [0.05, 0.1) is 13.7 Å². The van der Waals surface area contributed by atoms with Gasteiger partial charge in [-0.3, -0.25) is 14.4 Å². The highest BCUT2D eigenvalue weighted by molar-refractivity contribution is 5.92. The van der Waals surface area contributed by atoms with Gasteiger partial charge in [-0.1, -0.05) is 51.1 Å². The van der Waals surface area contributed by atoms with E-state index in [1.54, 1.807) is 6.92 Å². The first-order valence-electron chi connectivity index (χ1n) is 9.75. The molecule has 0 bridgehead atoms. The molecule has 2 atom stereocenters. The summed E-state index contributed by atoms with van der Waals surface area (Å²) in [6.07, 6.45) is 0.921. The molecule has 3 amide bonds. The largest absolute Gasteiger partial charge is 0.467 e. The Kier molecular flexibility index (Phi) is 10.4. The molecular weight excluding hydrogens is 374 g/mol. The summed E-state index contributed by atoms with van der Waals surface area (Å²) in [5, 5.41) is 7.81. The fourth-order valence-corrected chi connectivity index (χ4v) is 2.71. The third-order valence-corrected chi connectivity index (χ3v) is 4.21. The maximum atomic E-state index is 12.9. The zero-order valence-electron chi connectivity index (χ0n) is 17.5. The Labute approximate surface area is 171 Å². The van der Waals surface area contributed by atoms with Crippen LogP contribution in [0.4, 0.5) is 0 Å². The molecule has 0 saturated heterocycles. The normalized spacial score (nSPS) is 12.6. The Morgan fingerprint density at radius 3 is 2.17 bits per heavy atom. The summed E-state index contributed by atoms with van der Waals surface area (Å²) >= 11 is 0. The number of esters is 1. The van der Waals surface area contributed by atoms with E-state index in [0.717, 1.165) is 5.56 Å². The molecule has 8 heteroatoms. The van der Waals surface area contributed by atoms with E-state index in [1.165, 1.54) is 7.11 Å². The lowest BCUT2D eigenvalue weighted by molar-refractivity contribution is -0.145. The lowest BCUT2D eigenvalue weighted by Gasteiger charge is -2.23. The van der Waals surface area contributed by atoms with Crippen LogP contribution in [0.25, 0.3) is 0 Å². The van der Waals surface area contributed by atoms with E-state index in [2.05, 4.69) is 16.0 Å². The van der Waals surface area contributed by atoms with E-state index in [9.17, 15) is 19.2 Å². The fraction of sp³-hybridized carbons (Fsp3) is 0.524. The molecule has 1 aromatic carbocycles. The van der Waals surface area contributed by atoms with Crippen molar-refractivity contribution in [2.75, 3.05) is 13.7 Å². The Balaban J connectivity index is 2.89. The minimum absolute atomic E-state index is 0.158. The van der Waals surface area contributed by atoms with Crippen LogP contribution in [0.3, 0.4) is 0 Å². The number of amides is 3. The summed E-state index contributed by atoms with van der Waals surface area (Å²) in [5.74, 6) is -1.61. The van der Waals surface area contributed by atoms with E-state index in [0.29, 0.717) is 6.42 Å². The fourth-order valence-electron chi connectivity index (χ4n) is 2.71. The number of nitrogens with one attached hydrogen (secondary N) is 3. The first-order valence-corrected chi connectivity index (χ1v) is 9.75. The Morgan fingerprint density at radius 2 is 1.62 bits per heavy atom. The Bertz CT molecular complexity index is 691. The van der Waals surface area contributed by atoms with Crippen molar-refractivity contribution >= 4 is 23.7 Å². The lowest BCUT2D eigenvalue weighted by Crippen LogP contribution is -2.54. The Morgan fingerprint density at radius 1 is 0.966 bits per heavy atom. The summed E-state index contributed by atoms with van der Waals surface area (Å²) in [4.78, 5) is 48.5. The number of hydrogen-bond donors (Lipinski definition) is 3. The zero-order valence-corrected chi connectivity index (χ0v) is 17.5. The van der Waals surface area contributed by atoms with Crippen molar-refractivity contribution in [2.45, 2.75) is 52.1 Å². The Hall–Kier alpha value is -2.90. The van der Waals surface area contributed by atoms with Gasteiger partial charge < -0.3 is 20.7 Å². The number of benzene rings is 1. The van der Waals surface area contributed by atoms with Gasteiger partial charge in [-0.15, -0.1) is 0 Å². The molecule has 0 aliphatic carbocycles. The molecule has 2 unspecified atom stereocenters. The highest BCUT2D eigenvalue weighted by atomic mass is 16.5. The molecule has 160 valence electrons. The lowest BCUT2D eigenvalue weighted by atomic mass is 10.0. The number of rotatable bonds is 11. The minimum Gasteiger partial charge on any atom is -0.467 e. The van der Waals surface area contributed by atoms with Crippen molar-refractivity contribution in [3.63, 3.8) is 0 Å². The van der Waals surface area contributed by atoms with Gasteiger partial charge in [0.1, 0.15) is 12.1 Å². The van der Waals surface area contributed by atoms with Crippen LogP contribution in [0, 0.1) is 5.92 Å². The van der Waals surface area contributed by atoms with Gasteiger partial charge in [-0.05, 0) is 17.9 Å². The van der Waals surface area contributed by atoms with Crippen LogP contribution >= 0.6 is 0 Å². The molecule has 3 N–H and O–H groups in total. The van der Waals surface area contributed by atoms with Gasteiger partial charge in [0.2, 0.25) is 17.7 Å². The van der Waals surface area contributed by atoms with E-state index >= 15 is 0 Å². The van der Waals surface area contributed by atoms with E-state index in [4.69, 9.17) is 4.74 Å². The molecule has 0 heterocycles. The second kappa shape index (κ2) is 12.5. The predicted octanol–water partition coefficient (Wildman–Crippen LogP) is 0.944. The number of carbonyl (C=O) groups is 4. The summed E-state index contributed by atoms with van der Waals surface area (Å²) in [5.41, 5.74) is 0.851. The van der Waals surface area contributed by atoms with Crippen LogP contribution in [-0.2, 0) is 30.3 Å². The van der Waals surface area contributed by atoms with E-state index < -0.39 is 29.9 Å². The van der Waals surface area contributed by atoms with Crippen molar-refractivity contribution < 1.29 is 23.9 Å². The number of ether oxygens (including phenoxy) is 1. The minimum atomic E-state index is -0.900.